The second-order valence-corrected chi connectivity index (χ2v) is 9.94. The summed E-state index contributed by atoms with van der Waals surface area (Å²) in [5.74, 6) is 6.89. The molecule has 4 bridgehead atoms. The van der Waals surface area contributed by atoms with E-state index in [1.165, 1.54) is 67.9 Å². The van der Waals surface area contributed by atoms with Gasteiger partial charge >= 0.3 is 0 Å². The topological polar surface area (TPSA) is 85.1 Å². The molecule has 0 aromatic rings. The van der Waals surface area contributed by atoms with Crippen molar-refractivity contribution < 1.29 is 5.48 Å². The van der Waals surface area contributed by atoms with Gasteiger partial charge in [-0.2, -0.15) is 0 Å². The number of piperidine rings is 1. The summed E-state index contributed by atoms with van der Waals surface area (Å²) in [6, 6.07) is 2.17. The molecule has 29 heavy (non-hydrogen) atoms. The summed E-state index contributed by atoms with van der Waals surface area (Å²) in [7, 11) is 0. The first-order valence-electron chi connectivity index (χ1n) is 11.3. The quantitative estimate of drug-likeness (QED) is 0.785. The van der Waals surface area contributed by atoms with E-state index in [4.69, 9.17) is 9.97 Å². The maximum absolute atomic E-state index is 5.40. The molecule has 160 valence electrons. The molecule has 4 aliphatic carbocycles. The minimum Gasteiger partial charge on any atom is -0.412 e. The van der Waals surface area contributed by atoms with Crippen LogP contribution in [0, 0.1) is 29.6 Å². The molecule has 3 aliphatic heterocycles. The Balaban J connectivity index is 0.00000102. The van der Waals surface area contributed by atoms with Crippen LogP contribution in [-0.4, -0.2) is 33.5 Å². The minimum absolute atomic E-state index is 0. The number of nitrogens with one attached hydrogen (secondary N) is 2. The van der Waals surface area contributed by atoms with Crippen molar-refractivity contribution in [2.75, 3.05) is 13.1 Å². The van der Waals surface area contributed by atoms with Gasteiger partial charge in [0, 0.05) is 18.0 Å². The Hall–Kier alpha value is -1.17. The zero-order valence-electron chi connectivity index (χ0n) is 17.4. The number of fused-ring (bicyclic) bond motifs is 1. The van der Waals surface area contributed by atoms with E-state index in [-0.39, 0.29) is 17.9 Å². The highest BCUT2D eigenvalue weighted by Gasteiger charge is 2.50. The van der Waals surface area contributed by atoms with E-state index >= 15 is 0 Å². The Kier molecular flexibility index (Phi) is 5.93. The van der Waals surface area contributed by atoms with E-state index in [2.05, 4.69) is 23.3 Å². The van der Waals surface area contributed by atoms with E-state index in [0.29, 0.717) is 17.8 Å². The van der Waals surface area contributed by atoms with E-state index < -0.39 is 0 Å². The number of hydrogen-bond donors (Lipinski definition) is 2. The number of aromatic nitrogens is 3. The van der Waals surface area contributed by atoms with Gasteiger partial charge in [-0.05, 0) is 87.3 Å². The molecule has 7 aliphatic rings. The number of hydrogen-bond acceptors (Lipinski definition) is 3. The van der Waals surface area contributed by atoms with Gasteiger partial charge in [-0.1, -0.05) is 13.3 Å². The third-order valence-electron chi connectivity index (χ3n) is 8.47. The van der Waals surface area contributed by atoms with Crippen LogP contribution >= 0.6 is 12.4 Å². The molecule has 0 aromatic heterocycles. The second kappa shape index (κ2) is 8.16. The second-order valence-electron chi connectivity index (χ2n) is 9.94. The summed E-state index contributed by atoms with van der Waals surface area (Å²) < 4.78 is 0. The summed E-state index contributed by atoms with van der Waals surface area (Å²) in [4.78, 5) is 13.9. The van der Waals surface area contributed by atoms with E-state index in [0.717, 1.165) is 36.8 Å². The van der Waals surface area contributed by atoms with Crippen molar-refractivity contribution in [1.82, 2.24) is 20.3 Å². The largest absolute Gasteiger partial charge is 0.412 e. The first-order chi connectivity index (χ1) is 13.3. The van der Waals surface area contributed by atoms with Crippen molar-refractivity contribution in [2.24, 2.45) is 29.6 Å². The zero-order chi connectivity index (χ0) is 18.0. The van der Waals surface area contributed by atoms with Crippen molar-refractivity contribution in [3.8, 4) is 11.4 Å². The molecular formula is C23H35ClN4O. The molecular weight excluding hydrogens is 384 g/mol. The van der Waals surface area contributed by atoms with Gasteiger partial charge in [0.1, 0.15) is 11.5 Å². The first-order valence-corrected chi connectivity index (χ1v) is 11.3. The molecule has 2 unspecified atom stereocenters. The van der Waals surface area contributed by atoms with Crippen molar-refractivity contribution in [3.63, 3.8) is 0 Å². The predicted molar refractivity (Wildman–Crippen MR) is 118 cm³/mol. The molecule has 1 saturated heterocycles. The average Bonchev–Trinajstić information content (AvgIpc) is 3.15. The van der Waals surface area contributed by atoms with Crippen LogP contribution in [0.5, 0.6) is 0 Å². The van der Waals surface area contributed by atoms with Crippen molar-refractivity contribution in [1.29, 1.82) is 0 Å². The normalized spacial score (nSPS) is 37.9. The van der Waals surface area contributed by atoms with Gasteiger partial charge in [0.2, 0.25) is 0 Å². The van der Waals surface area contributed by atoms with Gasteiger partial charge in [0.05, 0.1) is 11.4 Å². The van der Waals surface area contributed by atoms with Gasteiger partial charge < -0.3 is 15.8 Å². The van der Waals surface area contributed by atoms with E-state index in [9.17, 15) is 0 Å². The Bertz CT molecular complexity index is 780. The lowest BCUT2D eigenvalue weighted by Crippen LogP contribution is -2.44. The Morgan fingerprint density at radius 3 is 2.48 bits per heavy atom. The van der Waals surface area contributed by atoms with Crippen LogP contribution in [0.2, 0.25) is 0 Å². The fourth-order valence-electron chi connectivity index (χ4n) is 7.48. The average molecular weight is 419 g/mol. The lowest BCUT2D eigenvalue weighted by Gasteiger charge is -2.54. The van der Waals surface area contributed by atoms with Crippen LogP contribution in [0.15, 0.2) is 12.3 Å². The van der Waals surface area contributed by atoms with Crippen LogP contribution in [0.3, 0.4) is 0 Å². The van der Waals surface area contributed by atoms with Crippen LogP contribution in [0.4, 0.5) is 0 Å². The zero-order valence-corrected chi connectivity index (χ0v) is 18.2. The number of rotatable bonds is 3. The van der Waals surface area contributed by atoms with Gasteiger partial charge in [-0.25, -0.2) is 4.98 Å². The molecule has 7 rings (SSSR count). The van der Waals surface area contributed by atoms with Gasteiger partial charge in [0.25, 0.3) is 0 Å². The molecule has 0 aromatic carbocycles. The van der Waals surface area contributed by atoms with Crippen LogP contribution in [-0.2, 0) is 0 Å². The molecule has 0 radical (unpaired) electrons. The first kappa shape index (κ1) is 21.1. The maximum Gasteiger partial charge on any atom is 0.110 e. The number of nitrogens with zero attached hydrogens (tertiary/aromatic N) is 2. The SMILES string of the molecule is CCC1CNCCC1c1nc(C2C3CC4CC(C3)CC2C4)c2nccc-2[nH]1.Cl.O. The standard InChI is InChI=1S/C23H32N4.ClH.H2O/c1-2-15-12-24-5-3-18(15)23-26-19-4-6-25-21(19)22(27-23)20-16-8-13-7-14(10-16)11-17(20)9-13;;/h4,6,13-18,20,24H,2-3,5,7-12H2,1H3,(H,26,27);1H;1H2. The maximum atomic E-state index is 5.40. The molecule has 4 N–H and O–H groups in total. The van der Waals surface area contributed by atoms with Gasteiger partial charge in [-0.15, -0.1) is 12.4 Å². The lowest BCUT2D eigenvalue weighted by molar-refractivity contribution is -0.00419. The minimum atomic E-state index is 0. The molecule has 3 heterocycles. The monoisotopic (exact) mass is 418 g/mol. The summed E-state index contributed by atoms with van der Waals surface area (Å²) in [5, 5.41) is 3.58. The smallest absolute Gasteiger partial charge is 0.110 e. The Morgan fingerprint density at radius 2 is 1.79 bits per heavy atom. The molecule has 6 heteroatoms. The summed E-state index contributed by atoms with van der Waals surface area (Å²) >= 11 is 0. The van der Waals surface area contributed by atoms with Crippen molar-refractivity contribution >= 4 is 12.4 Å². The Morgan fingerprint density at radius 1 is 1.07 bits per heavy atom. The van der Waals surface area contributed by atoms with Gasteiger partial charge in [0.15, 0.2) is 0 Å². The molecule has 5 fully saturated rings. The molecule has 4 saturated carbocycles. The highest BCUT2D eigenvalue weighted by atomic mass is 35.5. The Labute approximate surface area is 179 Å². The molecule has 0 amide bonds. The highest BCUT2D eigenvalue weighted by molar-refractivity contribution is 5.85. The van der Waals surface area contributed by atoms with Crippen molar-refractivity contribution in [2.45, 2.75) is 63.7 Å². The summed E-state index contributed by atoms with van der Waals surface area (Å²) in [6.45, 7) is 4.56. The van der Waals surface area contributed by atoms with Crippen LogP contribution in [0.1, 0.15) is 75.2 Å². The fourth-order valence-corrected chi connectivity index (χ4v) is 7.48. The molecule has 2 atom stereocenters. The van der Waals surface area contributed by atoms with Crippen LogP contribution < -0.4 is 5.32 Å². The lowest BCUT2D eigenvalue weighted by atomic mass is 9.51. The number of aromatic amines is 1. The van der Waals surface area contributed by atoms with E-state index in [1.807, 2.05) is 6.20 Å². The van der Waals surface area contributed by atoms with Gasteiger partial charge in [-0.3, -0.25) is 4.98 Å². The number of halogens is 1. The summed E-state index contributed by atoms with van der Waals surface area (Å²) in [5.41, 5.74) is 3.74. The molecule has 5 nitrogen and oxygen atoms in total. The van der Waals surface area contributed by atoms with Crippen molar-refractivity contribution in [3.05, 3.63) is 23.8 Å². The molecule has 0 spiro atoms. The summed E-state index contributed by atoms with van der Waals surface area (Å²) in [6.07, 6.45) is 11.7. The number of H-pyrrole nitrogens is 1. The predicted octanol–water partition coefficient (Wildman–Crippen LogP) is 4.15. The third-order valence-corrected chi connectivity index (χ3v) is 8.47. The van der Waals surface area contributed by atoms with Crippen LogP contribution in [0.25, 0.3) is 11.4 Å². The fraction of sp³-hybridized carbons (Fsp3) is 0.739. The third kappa shape index (κ3) is 3.39. The van der Waals surface area contributed by atoms with E-state index in [1.54, 1.807) is 0 Å². The highest BCUT2D eigenvalue weighted by Crippen LogP contribution is 2.60.